The summed E-state index contributed by atoms with van der Waals surface area (Å²) in [5, 5.41) is 21.9. The number of allylic oxidation sites excluding steroid dienone is 1. The number of carbonyl (C=O) groups is 4. The van der Waals surface area contributed by atoms with Crippen molar-refractivity contribution in [2.75, 3.05) is 6.54 Å². The van der Waals surface area contributed by atoms with Gasteiger partial charge in [0, 0.05) is 30.5 Å². The highest BCUT2D eigenvalue weighted by atomic mass is 16.5. The Morgan fingerprint density at radius 1 is 0.981 bits per heavy atom. The lowest BCUT2D eigenvalue weighted by atomic mass is 9.36. The van der Waals surface area contributed by atoms with Crippen molar-refractivity contribution in [1.82, 2.24) is 4.90 Å². The summed E-state index contributed by atoms with van der Waals surface area (Å²) in [4.78, 5) is 54.0. The lowest BCUT2D eigenvalue weighted by Crippen LogP contribution is -2.62. The van der Waals surface area contributed by atoms with E-state index >= 15 is 0 Å². The second-order valence-corrected chi connectivity index (χ2v) is 19.8. The molecule has 5 aliphatic rings. The molecule has 1 amide bonds. The van der Waals surface area contributed by atoms with Gasteiger partial charge < -0.3 is 19.8 Å². The zero-order chi connectivity index (χ0) is 38.9. The van der Waals surface area contributed by atoms with E-state index in [4.69, 9.17) is 4.74 Å². The van der Waals surface area contributed by atoms with Crippen LogP contribution in [0.5, 0.6) is 0 Å². The van der Waals surface area contributed by atoms with Crippen molar-refractivity contribution in [2.24, 2.45) is 50.7 Å². The van der Waals surface area contributed by atoms with Crippen LogP contribution in [0.4, 0.5) is 0 Å². The topological polar surface area (TPSA) is 121 Å². The summed E-state index contributed by atoms with van der Waals surface area (Å²) >= 11 is 0. The summed E-state index contributed by atoms with van der Waals surface area (Å²) in [5.41, 5.74) is 2.02. The van der Waals surface area contributed by atoms with Crippen LogP contribution in [-0.4, -0.2) is 57.5 Å². The Balaban J connectivity index is 1.25. The molecule has 53 heavy (non-hydrogen) atoms. The monoisotopic (exact) mass is 731 g/mol. The van der Waals surface area contributed by atoms with E-state index in [1.54, 1.807) is 18.7 Å². The van der Waals surface area contributed by atoms with Gasteiger partial charge in [-0.25, -0.2) is 0 Å². The smallest absolute Gasteiger partial charge is 0.309 e. The maximum absolute atomic E-state index is 14.1. The van der Waals surface area contributed by atoms with Crippen molar-refractivity contribution < 1.29 is 34.1 Å². The first-order chi connectivity index (χ1) is 24.7. The van der Waals surface area contributed by atoms with Crippen LogP contribution in [0.2, 0.25) is 0 Å². The number of aliphatic hydroxyl groups excluding tert-OH is 1. The van der Waals surface area contributed by atoms with Crippen molar-refractivity contribution >= 4 is 23.6 Å². The number of hydrogen-bond acceptors (Lipinski definition) is 6. The SMILES string of the molecule is CC(C)C1=C2C3CCC4C(C)(CCC(OC(=O)CC(C)(C)C(=O)O)C(C)C)CCCC4(C)C3(C)CCC2(C(O)CN2Cc3ccccc3C2=O)CC1=O. The van der Waals surface area contributed by atoms with E-state index in [1.807, 2.05) is 24.3 Å². The van der Waals surface area contributed by atoms with Gasteiger partial charge in [0.05, 0.1) is 17.9 Å². The van der Waals surface area contributed by atoms with E-state index in [0.717, 1.165) is 68.9 Å². The standard InChI is InChI=1S/C45H65NO7/c1-27(2)33(53-36(49)24-41(5,6)40(51)52)17-20-42(7)18-12-19-44(9)34(42)16-15-31-38-37(28(3)4)32(47)23-45(38,22-21-43(31,44)8)35(48)26-46-25-29-13-10-11-14-30(29)39(46)50/h10-11,13-14,27-28,31,33-35,48H,12,15-26H2,1-9H3,(H,51,52). The fourth-order valence-corrected chi connectivity index (χ4v) is 12.3. The second kappa shape index (κ2) is 13.9. The van der Waals surface area contributed by atoms with Crippen LogP contribution in [0.25, 0.3) is 0 Å². The maximum Gasteiger partial charge on any atom is 0.309 e. The fourth-order valence-electron chi connectivity index (χ4n) is 12.3. The number of amides is 1. The second-order valence-electron chi connectivity index (χ2n) is 19.8. The molecule has 1 heterocycles. The number of carbonyl (C=O) groups excluding carboxylic acids is 3. The number of esters is 1. The van der Waals surface area contributed by atoms with Gasteiger partial charge in [0.2, 0.25) is 0 Å². The van der Waals surface area contributed by atoms with Crippen LogP contribution in [0.15, 0.2) is 35.4 Å². The summed E-state index contributed by atoms with van der Waals surface area (Å²) in [6.07, 6.45) is 7.79. The lowest BCUT2D eigenvalue weighted by Gasteiger charge is -2.68. The first kappa shape index (κ1) is 39.7. The Labute approximate surface area is 317 Å². The highest BCUT2D eigenvalue weighted by Gasteiger charge is 2.68. The van der Waals surface area contributed by atoms with Crippen LogP contribution in [0.1, 0.15) is 149 Å². The van der Waals surface area contributed by atoms with Crippen LogP contribution < -0.4 is 0 Å². The Bertz CT molecular complexity index is 1680. The van der Waals surface area contributed by atoms with E-state index in [9.17, 15) is 29.4 Å². The molecule has 1 aromatic rings. The molecule has 6 rings (SSSR count). The van der Waals surface area contributed by atoms with Gasteiger partial charge in [0.15, 0.2) is 5.78 Å². The highest BCUT2D eigenvalue weighted by molar-refractivity contribution is 6.01. The number of hydrogen-bond donors (Lipinski definition) is 2. The minimum Gasteiger partial charge on any atom is -0.481 e. The molecule has 8 atom stereocenters. The number of ketones is 1. The number of fused-ring (bicyclic) bond motifs is 6. The fraction of sp³-hybridized carbons (Fsp3) is 0.733. The van der Waals surface area contributed by atoms with Gasteiger partial charge in [-0.05, 0) is 122 Å². The third-order valence-electron chi connectivity index (χ3n) is 15.6. The molecule has 1 aliphatic heterocycles. The number of rotatable bonds is 12. The summed E-state index contributed by atoms with van der Waals surface area (Å²) in [6, 6.07) is 7.69. The number of aliphatic hydroxyl groups is 1. The molecule has 0 radical (unpaired) electrons. The first-order valence-corrected chi connectivity index (χ1v) is 20.5. The van der Waals surface area contributed by atoms with Gasteiger partial charge in [-0.1, -0.05) is 78.7 Å². The number of nitrogens with zero attached hydrogens (tertiary/aromatic N) is 1. The number of ether oxygens (including phenoxy) is 1. The molecule has 2 N–H and O–H groups in total. The highest BCUT2D eigenvalue weighted by Crippen LogP contribution is 2.74. The number of β-amino-alcohol motifs (C(OH)–C–C–N with tert-alkyl or cyclic N) is 1. The first-order valence-electron chi connectivity index (χ1n) is 20.5. The zero-order valence-electron chi connectivity index (χ0n) is 33.8. The molecule has 0 saturated heterocycles. The summed E-state index contributed by atoms with van der Waals surface area (Å²) in [7, 11) is 0. The van der Waals surface area contributed by atoms with Crippen LogP contribution in [0, 0.1) is 50.7 Å². The summed E-state index contributed by atoms with van der Waals surface area (Å²) in [6.45, 7) is 19.7. The molecule has 8 unspecified atom stereocenters. The molecule has 3 fully saturated rings. The van der Waals surface area contributed by atoms with Gasteiger partial charge in [-0.15, -0.1) is 0 Å². The Morgan fingerprint density at radius 3 is 2.32 bits per heavy atom. The minimum atomic E-state index is -1.18. The van der Waals surface area contributed by atoms with Crippen LogP contribution in [0.3, 0.4) is 0 Å². The average Bonchev–Trinajstić information content (AvgIpc) is 3.56. The predicted molar refractivity (Wildman–Crippen MR) is 205 cm³/mol. The Morgan fingerprint density at radius 2 is 1.68 bits per heavy atom. The molecule has 8 heteroatoms. The molecular weight excluding hydrogens is 666 g/mol. The molecule has 292 valence electrons. The number of carboxylic acids is 1. The van der Waals surface area contributed by atoms with Gasteiger partial charge in [0.1, 0.15) is 6.10 Å². The number of Topliss-reactive ketones (excluding diaryl/α,β-unsaturated/α-hetero) is 1. The third-order valence-corrected chi connectivity index (χ3v) is 15.6. The number of benzene rings is 1. The van der Waals surface area contributed by atoms with Crippen molar-refractivity contribution in [2.45, 2.75) is 152 Å². The van der Waals surface area contributed by atoms with Crippen molar-refractivity contribution in [3.8, 4) is 0 Å². The maximum atomic E-state index is 14.1. The molecule has 4 aliphatic carbocycles. The van der Waals surface area contributed by atoms with Crippen molar-refractivity contribution in [3.63, 3.8) is 0 Å². The molecule has 0 bridgehead atoms. The quantitative estimate of drug-likeness (QED) is 0.206. The van der Waals surface area contributed by atoms with Crippen LogP contribution in [-0.2, 0) is 25.7 Å². The Kier molecular flexibility index (Phi) is 10.4. The van der Waals surface area contributed by atoms with E-state index in [-0.39, 0.29) is 64.8 Å². The van der Waals surface area contributed by atoms with E-state index in [1.165, 1.54) is 5.57 Å². The molecular formula is C45H65NO7. The van der Waals surface area contributed by atoms with Gasteiger partial charge in [-0.3, -0.25) is 19.2 Å². The molecule has 3 saturated carbocycles. The van der Waals surface area contributed by atoms with Crippen molar-refractivity contribution in [3.05, 3.63) is 46.5 Å². The minimum absolute atomic E-state index is 0.0167. The van der Waals surface area contributed by atoms with Gasteiger partial charge in [0.25, 0.3) is 5.91 Å². The molecule has 1 aromatic carbocycles. The van der Waals surface area contributed by atoms with E-state index in [2.05, 4.69) is 48.5 Å². The van der Waals surface area contributed by atoms with Gasteiger partial charge in [-0.2, -0.15) is 0 Å². The number of carboxylic acid groups (broad SMARTS) is 1. The largest absolute Gasteiger partial charge is 0.481 e. The average molecular weight is 732 g/mol. The van der Waals surface area contributed by atoms with Crippen molar-refractivity contribution in [1.29, 1.82) is 0 Å². The number of aliphatic carboxylic acids is 1. The predicted octanol–water partition coefficient (Wildman–Crippen LogP) is 8.79. The normalized spacial score (nSPS) is 33.8. The molecule has 0 spiro atoms. The molecule has 0 aromatic heterocycles. The Hall–Kier alpha value is -3.00. The van der Waals surface area contributed by atoms with E-state index in [0.29, 0.717) is 24.4 Å². The molecule has 8 nitrogen and oxygen atoms in total. The van der Waals surface area contributed by atoms with E-state index < -0.39 is 28.9 Å². The lowest BCUT2D eigenvalue weighted by molar-refractivity contribution is -0.178. The third kappa shape index (κ3) is 6.50. The summed E-state index contributed by atoms with van der Waals surface area (Å²) < 4.78 is 6.01. The zero-order valence-corrected chi connectivity index (χ0v) is 33.8. The van der Waals surface area contributed by atoms with Crippen LogP contribution >= 0.6 is 0 Å². The van der Waals surface area contributed by atoms with Gasteiger partial charge >= 0.3 is 11.9 Å². The summed E-state index contributed by atoms with van der Waals surface area (Å²) in [5.74, 6) is -0.499.